The summed E-state index contributed by atoms with van der Waals surface area (Å²) in [5.41, 5.74) is 0. The van der Waals surface area contributed by atoms with E-state index in [1.807, 2.05) is 4.90 Å². The number of carbonyl (C=O) groups excluding carboxylic acids is 1. The highest BCUT2D eigenvalue weighted by atomic mass is 16.5. The van der Waals surface area contributed by atoms with Gasteiger partial charge in [0.2, 0.25) is 5.91 Å². The van der Waals surface area contributed by atoms with E-state index in [2.05, 4.69) is 5.32 Å². The van der Waals surface area contributed by atoms with Crippen molar-refractivity contribution < 1.29 is 9.53 Å². The Hall–Kier alpha value is -0.610. The van der Waals surface area contributed by atoms with Crippen LogP contribution in [0.5, 0.6) is 0 Å². The number of piperidine rings is 1. The number of ether oxygens (including phenoxy) is 1. The molecule has 2 fully saturated rings. The minimum Gasteiger partial charge on any atom is -0.381 e. The zero-order valence-corrected chi connectivity index (χ0v) is 10.9. The molecule has 1 aliphatic carbocycles. The second kappa shape index (κ2) is 5.83. The molecule has 0 bridgehead atoms. The number of nitrogens with zero attached hydrogens (tertiary/aromatic N) is 1. The fourth-order valence-electron chi connectivity index (χ4n) is 3.00. The van der Waals surface area contributed by atoms with Crippen LogP contribution < -0.4 is 5.32 Å². The van der Waals surface area contributed by atoms with Gasteiger partial charge in [0, 0.05) is 39.2 Å². The topological polar surface area (TPSA) is 41.6 Å². The molecule has 0 aromatic heterocycles. The fraction of sp³-hybridized carbons (Fsp3) is 0.923. The summed E-state index contributed by atoms with van der Waals surface area (Å²) in [4.78, 5) is 13.2. The second-order valence-electron chi connectivity index (χ2n) is 5.31. The Kier molecular flexibility index (Phi) is 4.40. The summed E-state index contributed by atoms with van der Waals surface area (Å²) in [6.07, 6.45) is 6.18. The molecule has 2 aliphatic rings. The summed E-state index contributed by atoms with van der Waals surface area (Å²) in [6.45, 7) is 3.48. The van der Waals surface area contributed by atoms with Crippen molar-refractivity contribution in [2.45, 2.75) is 57.2 Å². The highest BCUT2D eigenvalue weighted by molar-refractivity contribution is 5.73. The molecular weight excluding hydrogens is 216 g/mol. The Morgan fingerprint density at radius 3 is 2.41 bits per heavy atom. The van der Waals surface area contributed by atoms with Gasteiger partial charge in [-0.3, -0.25) is 4.79 Å². The van der Waals surface area contributed by atoms with E-state index >= 15 is 0 Å². The molecule has 1 saturated carbocycles. The third-order valence-corrected chi connectivity index (χ3v) is 4.13. The summed E-state index contributed by atoms with van der Waals surface area (Å²) >= 11 is 0. The first-order valence-corrected chi connectivity index (χ1v) is 6.73. The number of methoxy groups -OCH3 is 1. The van der Waals surface area contributed by atoms with Crippen LogP contribution in [0.25, 0.3) is 0 Å². The van der Waals surface area contributed by atoms with E-state index in [4.69, 9.17) is 4.74 Å². The van der Waals surface area contributed by atoms with Crippen molar-refractivity contribution in [1.29, 1.82) is 0 Å². The quantitative estimate of drug-likeness (QED) is 0.804. The molecular formula is C13H24N2O2. The van der Waals surface area contributed by atoms with Crippen LogP contribution in [0.3, 0.4) is 0 Å². The van der Waals surface area contributed by atoms with Crippen molar-refractivity contribution >= 4 is 5.91 Å². The zero-order valence-electron chi connectivity index (χ0n) is 10.9. The molecule has 2 atom stereocenters. The van der Waals surface area contributed by atoms with E-state index in [1.165, 1.54) is 12.8 Å². The Bertz CT molecular complexity index is 262. The van der Waals surface area contributed by atoms with Gasteiger partial charge in [-0.15, -0.1) is 0 Å². The monoisotopic (exact) mass is 240 g/mol. The Labute approximate surface area is 104 Å². The van der Waals surface area contributed by atoms with Gasteiger partial charge in [-0.05, 0) is 32.1 Å². The average Bonchev–Trinajstić information content (AvgIpc) is 2.77. The van der Waals surface area contributed by atoms with Crippen LogP contribution in [0.2, 0.25) is 0 Å². The van der Waals surface area contributed by atoms with Crippen LogP contribution in [0.4, 0.5) is 0 Å². The molecule has 17 heavy (non-hydrogen) atoms. The molecule has 1 amide bonds. The van der Waals surface area contributed by atoms with Gasteiger partial charge in [-0.1, -0.05) is 0 Å². The van der Waals surface area contributed by atoms with Crippen LogP contribution >= 0.6 is 0 Å². The maximum Gasteiger partial charge on any atom is 0.219 e. The molecule has 1 aliphatic heterocycles. The number of hydrogen-bond acceptors (Lipinski definition) is 3. The van der Waals surface area contributed by atoms with Crippen molar-refractivity contribution in [2.24, 2.45) is 0 Å². The minimum atomic E-state index is 0.212. The lowest BCUT2D eigenvalue weighted by Gasteiger charge is -2.33. The van der Waals surface area contributed by atoms with Gasteiger partial charge in [0.25, 0.3) is 0 Å². The molecule has 0 aromatic rings. The predicted octanol–water partition coefficient (Wildman–Crippen LogP) is 1.15. The predicted molar refractivity (Wildman–Crippen MR) is 66.8 cm³/mol. The van der Waals surface area contributed by atoms with Crippen LogP contribution in [-0.4, -0.2) is 49.2 Å². The molecule has 1 saturated heterocycles. The van der Waals surface area contributed by atoms with Crippen LogP contribution in [0, 0.1) is 0 Å². The normalized spacial score (nSPS) is 30.8. The molecule has 0 aromatic carbocycles. The Morgan fingerprint density at radius 1 is 1.18 bits per heavy atom. The van der Waals surface area contributed by atoms with Crippen LogP contribution in [-0.2, 0) is 9.53 Å². The summed E-state index contributed by atoms with van der Waals surface area (Å²) in [7, 11) is 1.80. The molecule has 4 nitrogen and oxygen atoms in total. The Balaban J connectivity index is 1.70. The average molecular weight is 240 g/mol. The van der Waals surface area contributed by atoms with Gasteiger partial charge in [0.1, 0.15) is 0 Å². The first-order valence-electron chi connectivity index (χ1n) is 6.73. The van der Waals surface area contributed by atoms with Crippen molar-refractivity contribution in [1.82, 2.24) is 10.2 Å². The smallest absolute Gasteiger partial charge is 0.219 e. The highest BCUT2D eigenvalue weighted by Crippen LogP contribution is 2.23. The van der Waals surface area contributed by atoms with E-state index in [-0.39, 0.29) is 5.91 Å². The first kappa shape index (κ1) is 12.8. The lowest BCUT2D eigenvalue weighted by atomic mass is 10.0. The Morgan fingerprint density at radius 2 is 1.88 bits per heavy atom. The molecule has 2 rings (SSSR count). The molecule has 1 heterocycles. The van der Waals surface area contributed by atoms with E-state index in [1.54, 1.807) is 14.0 Å². The van der Waals surface area contributed by atoms with Gasteiger partial charge in [-0.2, -0.15) is 0 Å². The maximum absolute atomic E-state index is 11.2. The molecule has 2 unspecified atom stereocenters. The van der Waals surface area contributed by atoms with Crippen molar-refractivity contribution in [3.05, 3.63) is 0 Å². The van der Waals surface area contributed by atoms with Crippen LogP contribution in [0.1, 0.15) is 39.0 Å². The van der Waals surface area contributed by atoms with Gasteiger partial charge >= 0.3 is 0 Å². The molecule has 0 spiro atoms. The van der Waals surface area contributed by atoms with E-state index in [0.29, 0.717) is 18.2 Å². The summed E-state index contributed by atoms with van der Waals surface area (Å²) in [5.74, 6) is 0.212. The number of amides is 1. The van der Waals surface area contributed by atoms with Crippen LogP contribution in [0.15, 0.2) is 0 Å². The van der Waals surface area contributed by atoms with Crippen molar-refractivity contribution in [3.63, 3.8) is 0 Å². The maximum atomic E-state index is 11.2. The van der Waals surface area contributed by atoms with Crippen molar-refractivity contribution in [2.75, 3.05) is 20.2 Å². The third-order valence-electron chi connectivity index (χ3n) is 4.13. The third kappa shape index (κ3) is 3.42. The highest BCUT2D eigenvalue weighted by Gasteiger charge is 2.28. The SMILES string of the molecule is COC1CCC(NC2CCN(C(C)=O)CC2)C1. The first-order chi connectivity index (χ1) is 8.19. The standard InChI is InChI=1S/C13H24N2O2/c1-10(16)15-7-5-11(6-8-15)14-12-3-4-13(9-12)17-2/h11-14H,3-9H2,1-2H3. The number of hydrogen-bond donors (Lipinski definition) is 1. The minimum absolute atomic E-state index is 0.212. The number of carbonyl (C=O) groups is 1. The van der Waals surface area contributed by atoms with E-state index in [0.717, 1.165) is 32.4 Å². The summed E-state index contributed by atoms with van der Waals surface area (Å²) in [6, 6.07) is 1.21. The number of rotatable bonds is 3. The number of likely N-dealkylation sites (tertiary alicyclic amines) is 1. The largest absolute Gasteiger partial charge is 0.381 e. The lowest BCUT2D eigenvalue weighted by Crippen LogP contribution is -2.46. The zero-order chi connectivity index (χ0) is 12.3. The molecule has 1 N–H and O–H groups in total. The van der Waals surface area contributed by atoms with Crippen molar-refractivity contribution in [3.8, 4) is 0 Å². The second-order valence-corrected chi connectivity index (χ2v) is 5.31. The van der Waals surface area contributed by atoms with Gasteiger partial charge in [-0.25, -0.2) is 0 Å². The molecule has 0 radical (unpaired) electrons. The van der Waals surface area contributed by atoms with E-state index in [9.17, 15) is 4.79 Å². The molecule has 98 valence electrons. The van der Waals surface area contributed by atoms with Gasteiger partial charge in [0.15, 0.2) is 0 Å². The lowest BCUT2D eigenvalue weighted by molar-refractivity contribution is -0.129. The number of nitrogens with one attached hydrogen (secondary N) is 1. The van der Waals surface area contributed by atoms with E-state index < -0.39 is 0 Å². The van der Waals surface area contributed by atoms with Gasteiger partial charge < -0.3 is 15.0 Å². The van der Waals surface area contributed by atoms with Gasteiger partial charge in [0.05, 0.1) is 6.10 Å². The summed E-state index contributed by atoms with van der Waals surface area (Å²) < 4.78 is 5.39. The fourth-order valence-corrected chi connectivity index (χ4v) is 3.00. The summed E-state index contributed by atoms with van der Waals surface area (Å²) in [5, 5.41) is 3.72. The molecule has 4 heteroatoms.